The number of carbonyl (C=O) groups is 1. The van der Waals surface area contributed by atoms with Crippen LogP contribution in [0.25, 0.3) is 10.8 Å². The number of aliphatic hydroxyl groups is 1. The van der Waals surface area contributed by atoms with Crippen molar-refractivity contribution in [2.45, 2.75) is 82.3 Å². The Morgan fingerprint density at radius 3 is 2.62 bits per heavy atom. The second kappa shape index (κ2) is 11.1. The highest BCUT2D eigenvalue weighted by molar-refractivity contribution is 6.32. The number of nitrogens with zero attached hydrogens (tertiary/aromatic N) is 2. The average Bonchev–Trinajstić information content (AvgIpc) is 3.23. The Morgan fingerprint density at radius 1 is 1.19 bits per heavy atom. The molecule has 8 nitrogen and oxygen atoms in total. The lowest BCUT2D eigenvalue weighted by Gasteiger charge is -2.43. The third kappa shape index (κ3) is 5.79. The Labute approximate surface area is 223 Å². The topological polar surface area (TPSA) is 93.2 Å². The van der Waals surface area contributed by atoms with Crippen molar-refractivity contribution >= 4 is 34.1 Å². The lowest BCUT2D eigenvalue weighted by Crippen LogP contribution is -2.56. The van der Waals surface area contributed by atoms with Gasteiger partial charge in [0.15, 0.2) is 0 Å². The number of pyridine rings is 1. The van der Waals surface area contributed by atoms with Gasteiger partial charge in [-0.3, -0.25) is 9.69 Å². The third-order valence-corrected chi connectivity index (χ3v) is 8.45. The SMILES string of the molecule is CC(C)O[C@H]1CC[C@H](C(=O)Nc2cc3cc(C4CCN([C@]5(C)COC[C@@H]5O)CC4)c(Cl)cc3cn2)OC1. The van der Waals surface area contributed by atoms with Gasteiger partial charge in [0.05, 0.1) is 43.7 Å². The molecule has 3 aliphatic heterocycles. The van der Waals surface area contributed by atoms with Gasteiger partial charge in [0, 0.05) is 16.6 Å². The highest BCUT2D eigenvalue weighted by Crippen LogP contribution is 2.38. The summed E-state index contributed by atoms with van der Waals surface area (Å²) in [6.45, 7) is 9.26. The van der Waals surface area contributed by atoms with E-state index >= 15 is 0 Å². The number of anilines is 1. The maximum absolute atomic E-state index is 12.8. The first kappa shape index (κ1) is 26.8. The molecule has 2 aromatic rings. The summed E-state index contributed by atoms with van der Waals surface area (Å²) in [6, 6.07) is 6.00. The molecule has 3 aliphatic rings. The number of nitrogens with one attached hydrogen (secondary N) is 1. The van der Waals surface area contributed by atoms with Gasteiger partial charge >= 0.3 is 0 Å². The lowest BCUT2D eigenvalue weighted by atomic mass is 9.85. The minimum Gasteiger partial charge on any atom is -0.389 e. The van der Waals surface area contributed by atoms with E-state index in [-0.39, 0.29) is 23.7 Å². The Kier molecular flexibility index (Phi) is 8.05. The molecule has 1 aromatic heterocycles. The smallest absolute Gasteiger partial charge is 0.254 e. The number of ether oxygens (including phenoxy) is 3. The van der Waals surface area contributed by atoms with Crippen LogP contribution < -0.4 is 5.32 Å². The Hall–Kier alpha value is -1.81. The molecule has 0 saturated carbocycles. The van der Waals surface area contributed by atoms with Crippen molar-refractivity contribution in [3.63, 3.8) is 0 Å². The van der Waals surface area contributed by atoms with Gasteiger partial charge in [-0.1, -0.05) is 11.6 Å². The quantitative estimate of drug-likeness (QED) is 0.579. The van der Waals surface area contributed by atoms with Crippen molar-refractivity contribution in [3.8, 4) is 0 Å². The van der Waals surface area contributed by atoms with Gasteiger partial charge in [0.2, 0.25) is 0 Å². The van der Waals surface area contributed by atoms with Crippen molar-refractivity contribution in [1.29, 1.82) is 0 Å². The number of carbonyl (C=O) groups excluding carboxylic acids is 1. The molecule has 3 fully saturated rings. The zero-order valence-electron chi connectivity index (χ0n) is 21.9. The first-order valence-electron chi connectivity index (χ1n) is 13.4. The van der Waals surface area contributed by atoms with Gasteiger partial charge in [-0.2, -0.15) is 0 Å². The first-order chi connectivity index (χ1) is 17.7. The predicted molar refractivity (Wildman–Crippen MR) is 143 cm³/mol. The number of hydrogen-bond acceptors (Lipinski definition) is 7. The van der Waals surface area contributed by atoms with Crippen LogP contribution in [0.3, 0.4) is 0 Å². The first-order valence-corrected chi connectivity index (χ1v) is 13.8. The van der Waals surface area contributed by atoms with E-state index < -0.39 is 12.2 Å². The molecule has 4 atom stereocenters. The van der Waals surface area contributed by atoms with Crippen molar-refractivity contribution in [3.05, 3.63) is 35.0 Å². The van der Waals surface area contributed by atoms with E-state index in [9.17, 15) is 9.90 Å². The zero-order valence-corrected chi connectivity index (χ0v) is 22.7. The molecule has 3 saturated heterocycles. The van der Waals surface area contributed by atoms with Gasteiger partial charge in [-0.25, -0.2) is 4.98 Å². The van der Waals surface area contributed by atoms with E-state index in [0.29, 0.717) is 38.0 Å². The number of amides is 1. The molecule has 0 bridgehead atoms. The van der Waals surface area contributed by atoms with Crippen LogP contribution in [0.15, 0.2) is 24.4 Å². The summed E-state index contributed by atoms with van der Waals surface area (Å²) in [5.41, 5.74) is 0.805. The molecule has 9 heteroatoms. The van der Waals surface area contributed by atoms with E-state index in [1.54, 1.807) is 6.20 Å². The van der Waals surface area contributed by atoms with Gasteiger partial charge < -0.3 is 24.6 Å². The Bertz CT molecular complexity index is 1110. The molecular weight excluding hydrogens is 494 g/mol. The van der Waals surface area contributed by atoms with E-state index in [2.05, 4.69) is 28.2 Å². The van der Waals surface area contributed by atoms with E-state index in [0.717, 1.165) is 53.7 Å². The van der Waals surface area contributed by atoms with Crippen molar-refractivity contribution in [2.24, 2.45) is 0 Å². The minimum absolute atomic E-state index is 0.0392. The maximum Gasteiger partial charge on any atom is 0.254 e. The summed E-state index contributed by atoms with van der Waals surface area (Å²) >= 11 is 6.72. The van der Waals surface area contributed by atoms with Crippen LogP contribution in [-0.2, 0) is 19.0 Å². The van der Waals surface area contributed by atoms with Gasteiger partial charge in [-0.15, -0.1) is 0 Å². The summed E-state index contributed by atoms with van der Waals surface area (Å²) in [7, 11) is 0. The number of fused-ring (bicyclic) bond motifs is 1. The molecule has 4 heterocycles. The standard InChI is InChI=1S/C28H38ClN3O5/c1-17(2)37-21-4-5-24(36-14-21)27(34)31-26-12-19-10-22(23(29)11-20(19)13-30-26)18-6-8-32(9-7-18)28(3)16-35-15-25(28)33/h10-13,17-18,21,24-25,33H,4-9,14-16H2,1-3H3,(H,30,31,34)/t21-,24+,25-,28+/m0/s1. The highest BCUT2D eigenvalue weighted by Gasteiger charge is 2.45. The number of rotatable bonds is 6. The number of likely N-dealkylation sites (tertiary alicyclic amines) is 1. The second-order valence-corrected chi connectivity index (χ2v) is 11.5. The molecule has 5 rings (SSSR count). The number of piperidine rings is 1. The summed E-state index contributed by atoms with van der Waals surface area (Å²) in [5.74, 6) is 0.662. The van der Waals surface area contributed by atoms with Crippen LogP contribution >= 0.6 is 11.6 Å². The Morgan fingerprint density at radius 2 is 1.97 bits per heavy atom. The van der Waals surface area contributed by atoms with Gasteiger partial charge in [0.1, 0.15) is 11.9 Å². The van der Waals surface area contributed by atoms with Crippen LogP contribution in [0.2, 0.25) is 5.02 Å². The fraction of sp³-hybridized carbons (Fsp3) is 0.643. The predicted octanol–water partition coefficient (Wildman–Crippen LogP) is 4.13. The van der Waals surface area contributed by atoms with Crippen molar-refractivity contribution in [2.75, 3.05) is 38.2 Å². The molecule has 0 aliphatic carbocycles. The molecule has 1 aromatic carbocycles. The zero-order chi connectivity index (χ0) is 26.2. The van der Waals surface area contributed by atoms with Gasteiger partial charge in [0.25, 0.3) is 5.91 Å². The van der Waals surface area contributed by atoms with Crippen molar-refractivity contribution < 1.29 is 24.1 Å². The fourth-order valence-corrected chi connectivity index (χ4v) is 6.18. The molecule has 2 N–H and O–H groups in total. The van der Waals surface area contributed by atoms with Crippen LogP contribution in [0.5, 0.6) is 0 Å². The Balaban J connectivity index is 1.24. The fourth-order valence-electron chi connectivity index (χ4n) is 5.85. The maximum atomic E-state index is 12.8. The van der Waals surface area contributed by atoms with E-state index in [1.165, 1.54) is 0 Å². The molecule has 0 spiro atoms. The number of halogens is 1. The highest BCUT2D eigenvalue weighted by atomic mass is 35.5. The van der Waals surface area contributed by atoms with Crippen molar-refractivity contribution in [1.82, 2.24) is 9.88 Å². The second-order valence-electron chi connectivity index (χ2n) is 11.1. The summed E-state index contributed by atoms with van der Waals surface area (Å²) in [5, 5.41) is 16.0. The number of aromatic nitrogens is 1. The summed E-state index contributed by atoms with van der Waals surface area (Å²) in [6.07, 6.45) is 4.32. The largest absolute Gasteiger partial charge is 0.389 e. The van der Waals surface area contributed by atoms with Crippen LogP contribution in [0.1, 0.15) is 57.9 Å². The van der Waals surface area contributed by atoms with E-state index in [1.807, 2.05) is 26.0 Å². The number of aliphatic hydroxyl groups excluding tert-OH is 1. The molecule has 0 unspecified atom stereocenters. The number of hydrogen-bond donors (Lipinski definition) is 2. The monoisotopic (exact) mass is 531 g/mol. The van der Waals surface area contributed by atoms with E-state index in [4.69, 9.17) is 25.8 Å². The summed E-state index contributed by atoms with van der Waals surface area (Å²) < 4.78 is 17.1. The third-order valence-electron chi connectivity index (χ3n) is 8.12. The summed E-state index contributed by atoms with van der Waals surface area (Å²) in [4.78, 5) is 19.6. The minimum atomic E-state index is -0.499. The molecule has 0 radical (unpaired) electrons. The molecule has 1 amide bonds. The molecule has 202 valence electrons. The van der Waals surface area contributed by atoms with Crippen LogP contribution in [0, 0.1) is 0 Å². The molecular formula is C28H38ClN3O5. The number of benzene rings is 1. The molecule has 37 heavy (non-hydrogen) atoms. The normalized spacial score (nSPS) is 29.7. The average molecular weight is 532 g/mol. The lowest BCUT2D eigenvalue weighted by molar-refractivity contribution is -0.141. The van der Waals surface area contributed by atoms with Crippen LogP contribution in [-0.4, -0.2) is 83.8 Å². The van der Waals surface area contributed by atoms with Crippen LogP contribution in [0.4, 0.5) is 5.82 Å². The van der Waals surface area contributed by atoms with Gasteiger partial charge in [-0.05, 0) is 94.6 Å².